The lowest BCUT2D eigenvalue weighted by molar-refractivity contribution is -0.132. The van der Waals surface area contributed by atoms with Crippen molar-refractivity contribution in [3.05, 3.63) is 35.4 Å². The van der Waals surface area contributed by atoms with Crippen LogP contribution in [-0.2, 0) is 6.54 Å². The van der Waals surface area contributed by atoms with Crippen molar-refractivity contribution in [3.63, 3.8) is 0 Å². The second-order valence-corrected chi connectivity index (χ2v) is 5.79. The van der Waals surface area contributed by atoms with E-state index in [0.717, 1.165) is 18.4 Å². The molecule has 26 heavy (non-hydrogen) atoms. The van der Waals surface area contributed by atoms with E-state index in [1.165, 1.54) is 0 Å². The Morgan fingerprint density at radius 1 is 1.04 bits per heavy atom. The molecule has 0 aliphatic heterocycles. The molecular formula is C18H27F3N4O. The molecule has 146 valence electrons. The van der Waals surface area contributed by atoms with Crippen molar-refractivity contribution >= 4 is 11.9 Å². The lowest BCUT2D eigenvalue weighted by atomic mass is 10.1. The van der Waals surface area contributed by atoms with Gasteiger partial charge in [0, 0.05) is 25.2 Å². The van der Waals surface area contributed by atoms with Gasteiger partial charge in [0.2, 0.25) is 0 Å². The first-order chi connectivity index (χ1) is 12.4. The summed E-state index contributed by atoms with van der Waals surface area (Å²) in [5.41, 5.74) is 1.44. The first kappa shape index (κ1) is 21.8. The fraction of sp³-hybridized carbons (Fsp3) is 0.556. The minimum atomic E-state index is -4.20. The lowest BCUT2D eigenvalue weighted by Gasteiger charge is -2.12. The molecule has 1 rings (SSSR count). The van der Waals surface area contributed by atoms with Gasteiger partial charge in [0.1, 0.15) is 0 Å². The van der Waals surface area contributed by atoms with Crippen LogP contribution in [0.4, 0.5) is 13.2 Å². The van der Waals surface area contributed by atoms with Crippen molar-refractivity contribution in [2.24, 2.45) is 4.99 Å². The van der Waals surface area contributed by atoms with E-state index < -0.39 is 12.6 Å². The zero-order chi connectivity index (χ0) is 19.4. The molecule has 0 radical (unpaired) electrons. The van der Waals surface area contributed by atoms with E-state index in [1.54, 1.807) is 24.3 Å². The molecule has 0 saturated heterocycles. The molecule has 0 atom stereocenters. The number of rotatable bonds is 9. The molecule has 0 aliphatic rings. The molecule has 0 aliphatic carbocycles. The topological polar surface area (TPSA) is 65.5 Å². The number of hydrogen-bond donors (Lipinski definition) is 3. The van der Waals surface area contributed by atoms with Gasteiger partial charge in [-0.05, 0) is 31.0 Å². The Morgan fingerprint density at radius 2 is 1.73 bits per heavy atom. The Kier molecular flexibility index (Phi) is 9.54. The smallest absolute Gasteiger partial charge is 0.357 e. The Bertz CT molecular complexity index is 571. The SMILES string of the molecule is CCCCNC(=O)c1ccc(CN=C(NCC)NCCC(F)(F)F)cc1. The first-order valence-electron chi connectivity index (χ1n) is 8.81. The number of alkyl halides is 3. The maximum atomic E-state index is 12.2. The van der Waals surface area contributed by atoms with Gasteiger partial charge in [-0.2, -0.15) is 13.2 Å². The van der Waals surface area contributed by atoms with Crippen molar-refractivity contribution < 1.29 is 18.0 Å². The number of nitrogens with one attached hydrogen (secondary N) is 3. The van der Waals surface area contributed by atoms with Crippen LogP contribution in [0, 0.1) is 0 Å². The van der Waals surface area contributed by atoms with Gasteiger partial charge in [0.05, 0.1) is 13.0 Å². The van der Waals surface area contributed by atoms with Gasteiger partial charge in [0.25, 0.3) is 5.91 Å². The number of guanidine groups is 1. The summed E-state index contributed by atoms with van der Waals surface area (Å²) in [6.45, 7) is 5.17. The summed E-state index contributed by atoms with van der Waals surface area (Å²) >= 11 is 0. The molecule has 1 amide bonds. The van der Waals surface area contributed by atoms with E-state index in [4.69, 9.17) is 0 Å². The molecule has 0 bridgehead atoms. The summed E-state index contributed by atoms with van der Waals surface area (Å²) < 4.78 is 36.6. The van der Waals surface area contributed by atoms with Gasteiger partial charge in [-0.15, -0.1) is 0 Å². The third-order valence-electron chi connectivity index (χ3n) is 3.50. The van der Waals surface area contributed by atoms with Crippen LogP contribution in [0.3, 0.4) is 0 Å². The Hall–Kier alpha value is -2.25. The first-order valence-corrected chi connectivity index (χ1v) is 8.81. The van der Waals surface area contributed by atoms with Gasteiger partial charge in [-0.25, -0.2) is 4.99 Å². The zero-order valence-electron chi connectivity index (χ0n) is 15.2. The predicted molar refractivity (Wildman–Crippen MR) is 97.2 cm³/mol. The molecule has 3 N–H and O–H groups in total. The van der Waals surface area contributed by atoms with Crippen LogP contribution < -0.4 is 16.0 Å². The van der Waals surface area contributed by atoms with Crippen molar-refractivity contribution in [2.75, 3.05) is 19.6 Å². The summed E-state index contributed by atoms with van der Waals surface area (Å²) in [5.74, 6) is 0.216. The number of hydrogen-bond acceptors (Lipinski definition) is 2. The van der Waals surface area contributed by atoms with Crippen LogP contribution in [0.2, 0.25) is 0 Å². The Balaban J connectivity index is 2.56. The standard InChI is InChI=1S/C18H27F3N4O/c1-3-5-11-23-16(26)15-8-6-14(7-9-15)13-25-17(22-4-2)24-12-10-18(19,20)21/h6-9H,3-5,10-13H2,1-2H3,(H,23,26)(H2,22,24,25). The molecule has 1 aromatic carbocycles. The van der Waals surface area contributed by atoms with Gasteiger partial charge < -0.3 is 16.0 Å². The van der Waals surface area contributed by atoms with Crippen molar-refractivity contribution in [1.29, 1.82) is 0 Å². The summed E-state index contributed by atoms with van der Waals surface area (Å²) in [4.78, 5) is 16.2. The number of carbonyl (C=O) groups excluding carboxylic acids is 1. The average Bonchev–Trinajstić information content (AvgIpc) is 2.59. The largest absolute Gasteiger partial charge is 0.390 e. The molecule has 0 heterocycles. The van der Waals surface area contributed by atoms with Crippen molar-refractivity contribution in [3.8, 4) is 0 Å². The zero-order valence-corrected chi connectivity index (χ0v) is 15.2. The second-order valence-electron chi connectivity index (χ2n) is 5.79. The number of amides is 1. The van der Waals surface area contributed by atoms with E-state index in [-0.39, 0.29) is 12.5 Å². The van der Waals surface area contributed by atoms with Crippen LogP contribution in [-0.4, -0.2) is 37.7 Å². The fourth-order valence-corrected chi connectivity index (χ4v) is 2.08. The van der Waals surface area contributed by atoms with Crippen LogP contribution in [0.1, 0.15) is 49.0 Å². The number of benzene rings is 1. The molecule has 0 fully saturated rings. The quantitative estimate of drug-likeness (QED) is 0.354. The molecule has 0 aromatic heterocycles. The highest BCUT2D eigenvalue weighted by atomic mass is 19.4. The molecule has 5 nitrogen and oxygen atoms in total. The minimum absolute atomic E-state index is 0.115. The average molecular weight is 372 g/mol. The normalized spacial score (nSPS) is 12.0. The summed E-state index contributed by atoms with van der Waals surface area (Å²) in [6.07, 6.45) is -3.16. The Morgan fingerprint density at radius 3 is 2.31 bits per heavy atom. The maximum Gasteiger partial charge on any atom is 0.390 e. The third kappa shape index (κ3) is 9.29. The van der Waals surface area contributed by atoms with Crippen molar-refractivity contribution in [1.82, 2.24) is 16.0 Å². The number of nitrogens with zero attached hydrogens (tertiary/aromatic N) is 1. The number of aliphatic imine (C=N–C) groups is 1. The van der Waals surface area contributed by atoms with E-state index in [2.05, 4.69) is 27.9 Å². The van der Waals surface area contributed by atoms with Gasteiger partial charge >= 0.3 is 6.18 Å². The summed E-state index contributed by atoms with van der Waals surface area (Å²) in [6, 6.07) is 7.02. The van der Waals surface area contributed by atoms with Crippen LogP contribution in [0.25, 0.3) is 0 Å². The monoisotopic (exact) mass is 372 g/mol. The van der Waals surface area contributed by atoms with Gasteiger partial charge in [0.15, 0.2) is 5.96 Å². The second kappa shape index (κ2) is 11.4. The highest BCUT2D eigenvalue weighted by Crippen LogP contribution is 2.18. The number of unbranched alkanes of at least 4 members (excludes halogenated alkanes) is 1. The van der Waals surface area contributed by atoms with Gasteiger partial charge in [-0.3, -0.25) is 4.79 Å². The maximum absolute atomic E-state index is 12.2. The molecule has 1 aromatic rings. The summed E-state index contributed by atoms with van der Waals surface area (Å²) in [7, 11) is 0. The molecule has 8 heteroatoms. The molecule has 0 saturated carbocycles. The fourth-order valence-electron chi connectivity index (χ4n) is 2.08. The molecular weight excluding hydrogens is 345 g/mol. The Labute approximate surface area is 152 Å². The summed E-state index contributed by atoms with van der Waals surface area (Å²) in [5, 5.41) is 8.41. The van der Waals surface area contributed by atoms with E-state index in [1.807, 2.05) is 6.92 Å². The van der Waals surface area contributed by atoms with E-state index >= 15 is 0 Å². The van der Waals surface area contributed by atoms with E-state index in [0.29, 0.717) is 31.2 Å². The number of carbonyl (C=O) groups is 1. The lowest BCUT2D eigenvalue weighted by Crippen LogP contribution is -2.38. The highest BCUT2D eigenvalue weighted by Gasteiger charge is 2.26. The number of halogens is 3. The third-order valence-corrected chi connectivity index (χ3v) is 3.50. The molecule has 0 unspecified atom stereocenters. The predicted octanol–water partition coefficient (Wildman–Crippen LogP) is 3.22. The highest BCUT2D eigenvalue weighted by molar-refractivity contribution is 5.94. The van der Waals surface area contributed by atoms with Crippen LogP contribution >= 0.6 is 0 Å². The van der Waals surface area contributed by atoms with Crippen LogP contribution in [0.5, 0.6) is 0 Å². The minimum Gasteiger partial charge on any atom is -0.357 e. The molecule has 0 spiro atoms. The van der Waals surface area contributed by atoms with Crippen molar-refractivity contribution in [2.45, 2.75) is 45.8 Å². The van der Waals surface area contributed by atoms with Crippen LogP contribution in [0.15, 0.2) is 29.3 Å². The van der Waals surface area contributed by atoms with E-state index in [9.17, 15) is 18.0 Å². The van der Waals surface area contributed by atoms with Gasteiger partial charge in [-0.1, -0.05) is 25.5 Å².